The summed E-state index contributed by atoms with van der Waals surface area (Å²) in [5.41, 5.74) is 1.90. The zero-order valence-corrected chi connectivity index (χ0v) is 13.3. The number of nitrogens with zero attached hydrogens (tertiary/aromatic N) is 2. The van der Waals surface area contributed by atoms with Crippen molar-refractivity contribution in [3.63, 3.8) is 0 Å². The summed E-state index contributed by atoms with van der Waals surface area (Å²) in [4.78, 5) is 0. The van der Waals surface area contributed by atoms with E-state index in [1.165, 1.54) is 0 Å². The SMILES string of the molecule is CCNCc1cc(Cl)c(OCc2ccn(C)n2)c(OC)c1. The van der Waals surface area contributed by atoms with E-state index >= 15 is 0 Å². The molecule has 1 heterocycles. The average Bonchev–Trinajstić information content (AvgIpc) is 2.89. The Hall–Kier alpha value is -1.72. The lowest BCUT2D eigenvalue weighted by Crippen LogP contribution is -2.12. The largest absolute Gasteiger partial charge is 0.493 e. The third-order valence-corrected chi connectivity index (χ3v) is 3.28. The zero-order chi connectivity index (χ0) is 15.2. The summed E-state index contributed by atoms with van der Waals surface area (Å²) in [6.07, 6.45) is 1.87. The molecule has 2 aromatic rings. The average molecular weight is 310 g/mol. The van der Waals surface area contributed by atoms with Crippen LogP contribution in [-0.4, -0.2) is 23.4 Å². The molecule has 0 saturated heterocycles. The van der Waals surface area contributed by atoms with E-state index in [4.69, 9.17) is 21.1 Å². The molecular weight excluding hydrogens is 290 g/mol. The minimum atomic E-state index is 0.351. The number of halogens is 1. The summed E-state index contributed by atoms with van der Waals surface area (Å²) in [5, 5.41) is 8.06. The molecule has 0 atom stereocenters. The third kappa shape index (κ3) is 4.12. The Morgan fingerprint density at radius 1 is 1.38 bits per heavy atom. The van der Waals surface area contributed by atoms with Gasteiger partial charge in [-0.3, -0.25) is 4.68 Å². The molecule has 2 rings (SSSR count). The van der Waals surface area contributed by atoms with Crippen LogP contribution >= 0.6 is 11.6 Å². The normalized spacial score (nSPS) is 10.7. The van der Waals surface area contributed by atoms with Gasteiger partial charge in [0.25, 0.3) is 0 Å². The van der Waals surface area contributed by atoms with Gasteiger partial charge in [0.2, 0.25) is 0 Å². The fourth-order valence-electron chi connectivity index (χ4n) is 1.97. The summed E-state index contributed by atoms with van der Waals surface area (Å²) >= 11 is 6.31. The first-order chi connectivity index (χ1) is 10.1. The number of aryl methyl sites for hydroxylation is 1. The van der Waals surface area contributed by atoms with Crippen molar-refractivity contribution in [2.45, 2.75) is 20.1 Å². The van der Waals surface area contributed by atoms with Crippen LogP contribution in [0.5, 0.6) is 11.5 Å². The second-order valence-corrected chi connectivity index (χ2v) is 5.07. The van der Waals surface area contributed by atoms with Crippen molar-refractivity contribution in [1.82, 2.24) is 15.1 Å². The molecule has 0 amide bonds. The van der Waals surface area contributed by atoms with Gasteiger partial charge in [-0.05, 0) is 30.3 Å². The van der Waals surface area contributed by atoms with Crippen LogP contribution in [0.1, 0.15) is 18.2 Å². The summed E-state index contributed by atoms with van der Waals surface area (Å²) in [7, 11) is 3.48. The molecule has 0 unspecified atom stereocenters. The van der Waals surface area contributed by atoms with E-state index in [0.717, 1.165) is 24.3 Å². The highest BCUT2D eigenvalue weighted by molar-refractivity contribution is 6.32. The maximum absolute atomic E-state index is 6.31. The first-order valence-electron chi connectivity index (χ1n) is 6.82. The summed E-state index contributed by atoms with van der Waals surface area (Å²) in [5.74, 6) is 1.18. The fourth-order valence-corrected chi connectivity index (χ4v) is 2.26. The summed E-state index contributed by atoms with van der Waals surface area (Å²) in [6.45, 7) is 4.05. The quantitative estimate of drug-likeness (QED) is 0.854. The van der Waals surface area contributed by atoms with Crippen molar-refractivity contribution in [3.8, 4) is 11.5 Å². The highest BCUT2D eigenvalue weighted by Crippen LogP contribution is 2.36. The van der Waals surface area contributed by atoms with E-state index in [0.29, 0.717) is 23.1 Å². The number of benzene rings is 1. The lowest BCUT2D eigenvalue weighted by molar-refractivity contribution is 0.279. The minimum Gasteiger partial charge on any atom is -0.493 e. The van der Waals surface area contributed by atoms with E-state index in [-0.39, 0.29) is 0 Å². The molecule has 5 nitrogen and oxygen atoms in total. The van der Waals surface area contributed by atoms with Crippen molar-refractivity contribution < 1.29 is 9.47 Å². The number of rotatable bonds is 7. The maximum atomic E-state index is 6.31. The van der Waals surface area contributed by atoms with E-state index in [2.05, 4.69) is 17.3 Å². The number of ether oxygens (including phenoxy) is 2. The highest BCUT2D eigenvalue weighted by atomic mass is 35.5. The van der Waals surface area contributed by atoms with Gasteiger partial charge in [0, 0.05) is 19.8 Å². The van der Waals surface area contributed by atoms with E-state index in [9.17, 15) is 0 Å². The molecule has 21 heavy (non-hydrogen) atoms. The smallest absolute Gasteiger partial charge is 0.180 e. The van der Waals surface area contributed by atoms with Crippen LogP contribution in [0.15, 0.2) is 24.4 Å². The molecule has 1 aromatic heterocycles. The van der Waals surface area contributed by atoms with Gasteiger partial charge in [-0.15, -0.1) is 0 Å². The van der Waals surface area contributed by atoms with Crippen molar-refractivity contribution in [2.24, 2.45) is 7.05 Å². The molecule has 0 saturated carbocycles. The predicted octanol–water partition coefficient (Wildman–Crippen LogP) is 2.77. The van der Waals surface area contributed by atoms with Crippen LogP contribution in [0.3, 0.4) is 0 Å². The van der Waals surface area contributed by atoms with E-state index in [1.54, 1.807) is 11.8 Å². The van der Waals surface area contributed by atoms with Crippen molar-refractivity contribution in [1.29, 1.82) is 0 Å². The van der Waals surface area contributed by atoms with Crippen LogP contribution in [0.2, 0.25) is 5.02 Å². The van der Waals surface area contributed by atoms with Gasteiger partial charge in [0.15, 0.2) is 11.5 Å². The molecule has 0 radical (unpaired) electrons. The Kier molecular flexibility index (Phi) is 5.47. The number of hydrogen-bond donors (Lipinski definition) is 1. The molecular formula is C15H20ClN3O2. The molecule has 1 N–H and O–H groups in total. The molecule has 0 aliphatic rings. The van der Waals surface area contributed by atoms with Gasteiger partial charge >= 0.3 is 0 Å². The second kappa shape index (κ2) is 7.33. The maximum Gasteiger partial charge on any atom is 0.180 e. The van der Waals surface area contributed by atoms with Crippen molar-refractivity contribution in [3.05, 3.63) is 40.7 Å². The topological polar surface area (TPSA) is 48.3 Å². The van der Waals surface area contributed by atoms with Crippen molar-refractivity contribution in [2.75, 3.05) is 13.7 Å². The van der Waals surface area contributed by atoms with Gasteiger partial charge in [0.1, 0.15) is 6.61 Å². The lowest BCUT2D eigenvalue weighted by atomic mass is 10.2. The van der Waals surface area contributed by atoms with Crippen molar-refractivity contribution >= 4 is 11.6 Å². The first-order valence-corrected chi connectivity index (χ1v) is 7.20. The number of nitrogens with one attached hydrogen (secondary N) is 1. The van der Waals surface area contributed by atoms with Crippen LogP contribution in [0, 0.1) is 0 Å². The summed E-state index contributed by atoms with van der Waals surface area (Å²) < 4.78 is 12.9. The molecule has 0 aliphatic heterocycles. The molecule has 0 aliphatic carbocycles. The Morgan fingerprint density at radius 3 is 2.81 bits per heavy atom. The zero-order valence-electron chi connectivity index (χ0n) is 12.5. The molecule has 1 aromatic carbocycles. The first kappa shape index (κ1) is 15.7. The van der Waals surface area contributed by atoms with Crippen LogP contribution in [0.4, 0.5) is 0 Å². The monoisotopic (exact) mass is 309 g/mol. The third-order valence-electron chi connectivity index (χ3n) is 3.00. The number of methoxy groups -OCH3 is 1. The standard InChI is InChI=1S/C15H20ClN3O2/c1-4-17-9-11-7-13(16)15(14(8-11)20-3)21-10-12-5-6-19(2)18-12/h5-8,17H,4,9-10H2,1-3H3. The van der Waals surface area contributed by atoms with Gasteiger partial charge < -0.3 is 14.8 Å². The lowest BCUT2D eigenvalue weighted by Gasteiger charge is -2.13. The van der Waals surface area contributed by atoms with Crippen LogP contribution in [0.25, 0.3) is 0 Å². The Bertz CT molecular complexity index is 599. The molecule has 0 fully saturated rings. The van der Waals surface area contributed by atoms with Gasteiger partial charge in [-0.25, -0.2) is 0 Å². The molecule has 0 bridgehead atoms. The second-order valence-electron chi connectivity index (χ2n) is 4.66. The van der Waals surface area contributed by atoms with Gasteiger partial charge in [0.05, 0.1) is 17.8 Å². The molecule has 0 spiro atoms. The fraction of sp³-hybridized carbons (Fsp3) is 0.400. The number of aromatic nitrogens is 2. The number of hydrogen-bond acceptors (Lipinski definition) is 4. The summed E-state index contributed by atoms with van der Waals surface area (Å²) in [6, 6.07) is 5.72. The van der Waals surface area contributed by atoms with Gasteiger partial charge in [-0.2, -0.15) is 5.10 Å². The van der Waals surface area contributed by atoms with E-state index < -0.39 is 0 Å². The van der Waals surface area contributed by atoms with Crippen LogP contribution < -0.4 is 14.8 Å². The molecule has 6 heteroatoms. The van der Waals surface area contributed by atoms with E-state index in [1.807, 2.05) is 31.4 Å². The van der Waals surface area contributed by atoms with Crippen LogP contribution in [-0.2, 0) is 20.2 Å². The molecule has 114 valence electrons. The predicted molar refractivity (Wildman–Crippen MR) is 82.9 cm³/mol. The highest BCUT2D eigenvalue weighted by Gasteiger charge is 2.12. The Balaban J connectivity index is 2.14. The Morgan fingerprint density at radius 2 is 2.19 bits per heavy atom. The Labute approximate surface area is 129 Å². The minimum absolute atomic E-state index is 0.351. The van der Waals surface area contributed by atoms with Gasteiger partial charge in [-0.1, -0.05) is 18.5 Å².